The number of aromatic nitrogens is 2. The second kappa shape index (κ2) is 9.87. The molecule has 9 nitrogen and oxygen atoms in total. The zero-order valence-corrected chi connectivity index (χ0v) is 20.3. The Bertz CT molecular complexity index is 1290. The van der Waals surface area contributed by atoms with E-state index in [0.717, 1.165) is 42.2 Å². The van der Waals surface area contributed by atoms with Crippen molar-refractivity contribution in [3.05, 3.63) is 78.1 Å². The number of carbonyl (C=O) groups is 2. The topological polar surface area (TPSA) is 106 Å². The lowest BCUT2D eigenvalue weighted by atomic mass is 10.0. The summed E-state index contributed by atoms with van der Waals surface area (Å²) in [4.78, 5) is 28.6. The van der Waals surface area contributed by atoms with Gasteiger partial charge in [0.05, 0.1) is 17.4 Å². The molecule has 2 aliphatic heterocycles. The fraction of sp³-hybridized carbons (Fsp3) is 0.296. The highest BCUT2D eigenvalue weighted by molar-refractivity contribution is 5.98. The number of nitrogens with one attached hydrogen (secondary N) is 1. The fourth-order valence-corrected chi connectivity index (χ4v) is 4.94. The Hall–Kier alpha value is -4.11. The number of fused-ring (bicyclic) bond motifs is 1. The third-order valence-corrected chi connectivity index (χ3v) is 6.73. The molecule has 9 heteroatoms. The summed E-state index contributed by atoms with van der Waals surface area (Å²) in [6.07, 6.45) is 2.21. The Kier molecular flexibility index (Phi) is 6.47. The van der Waals surface area contributed by atoms with Crippen molar-refractivity contribution in [2.75, 3.05) is 38.0 Å². The molecule has 1 saturated heterocycles. The molecule has 5 rings (SSSR count). The third-order valence-electron chi connectivity index (χ3n) is 6.73. The number of hydrogen-bond acceptors (Lipinski definition) is 6. The van der Waals surface area contributed by atoms with Gasteiger partial charge in [-0.05, 0) is 61.4 Å². The van der Waals surface area contributed by atoms with Gasteiger partial charge in [0.15, 0.2) is 5.69 Å². The van der Waals surface area contributed by atoms with Crippen molar-refractivity contribution < 1.29 is 14.3 Å². The lowest BCUT2D eigenvalue weighted by Crippen LogP contribution is -2.50. The van der Waals surface area contributed by atoms with E-state index in [0.29, 0.717) is 36.8 Å². The lowest BCUT2D eigenvalue weighted by Gasteiger charge is -2.40. The molecule has 2 aromatic carbocycles. The molecule has 3 N–H and O–H groups in total. The summed E-state index contributed by atoms with van der Waals surface area (Å²) >= 11 is 0. The highest BCUT2D eigenvalue weighted by Gasteiger charge is 2.35. The molecule has 0 bridgehead atoms. The monoisotopic (exact) mass is 486 g/mol. The summed E-state index contributed by atoms with van der Waals surface area (Å²) < 4.78 is 7.58. The van der Waals surface area contributed by atoms with Gasteiger partial charge in [-0.3, -0.25) is 14.5 Å². The zero-order valence-electron chi connectivity index (χ0n) is 20.3. The molecule has 2 amide bonds. The van der Waals surface area contributed by atoms with Crippen LogP contribution in [0.1, 0.15) is 34.2 Å². The lowest BCUT2D eigenvalue weighted by molar-refractivity contribution is -0.128. The van der Waals surface area contributed by atoms with Crippen LogP contribution in [-0.2, 0) is 4.79 Å². The van der Waals surface area contributed by atoms with Crippen LogP contribution in [0.3, 0.4) is 0 Å². The molecule has 36 heavy (non-hydrogen) atoms. The maximum atomic E-state index is 12.5. The van der Waals surface area contributed by atoms with Crippen molar-refractivity contribution >= 4 is 17.5 Å². The SMILES string of the molecule is C=CC(=O)N1CCN([C@H]2CCNc3c2nn(-c2ccc(Oc4cccc(C)c4)cc2)c3C(N)=O)CC1. The van der Waals surface area contributed by atoms with Crippen molar-refractivity contribution in [2.45, 2.75) is 19.4 Å². The molecule has 0 aliphatic carbocycles. The van der Waals surface area contributed by atoms with E-state index in [9.17, 15) is 9.59 Å². The van der Waals surface area contributed by atoms with Crippen LogP contribution in [-0.4, -0.2) is 64.1 Å². The van der Waals surface area contributed by atoms with Gasteiger partial charge in [-0.25, -0.2) is 4.68 Å². The molecule has 3 aromatic rings. The number of ether oxygens (including phenoxy) is 1. The summed E-state index contributed by atoms with van der Waals surface area (Å²) in [5.74, 6) is 0.857. The minimum absolute atomic E-state index is 0.0329. The number of rotatable bonds is 6. The van der Waals surface area contributed by atoms with Crippen molar-refractivity contribution in [3.63, 3.8) is 0 Å². The Balaban J connectivity index is 1.41. The van der Waals surface area contributed by atoms with Gasteiger partial charge in [0.1, 0.15) is 17.2 Å². The number of amides is 2. The van der Waals surface area contributed by atoms with Gasteiger partial charge in [0, 0.05) is 32.7 Å². The number of aryl methyl sites for hydroxylation is 1. The molecule has 2 aliphatic rings. The van der Waals surface area contributed by atoms with E-state index in [1.54, 1.807) is 9.58 Å². The molecule has 0 spiro atoms. The van der Waals surface area contributed by atoms with E-state index in [1.165, 1.54) is 6.08 Å². The van der Waals surface area contributed by atoms with Crippen LogP contribution in [0, 0.1) is 6.92 Å². The summed E-state index contributed by atoms with van der Waals surface area (Å²) in [5, 5.41) is 8.21. The zero-order chi connectivity index (χ0) is 25.2. The predicted octanol–water partition coefficient (Wildman–Crippen LogP) is 3.26. The average molecular weight is 487 g/mol. The first-order valence-electron chi connectivity index (χ1n) is 12.1. The van der Waals surface area contributed by atoms with Crippen molar-refractivity contribution in [3.8, 4) is 17.2 Å². The smallest absolute Gasteiger partial charge is 0.269 e. The molecular formula is C27H30N6O3. The molecule has 3 heterocycles. The first kappa shape index (κ1) is 23.6. The van der Waals surface area contributed by atoms with Crippen molar-refractivity contribution in [2.24, 2.45) is 5.73 Å². The molecule has 0 unspecified atom stereocenters. The van der Waals surface area contributed by atoms with E-state index >= 15 is 0 Å². The second-order valence-electron chi connectivity index (χ2n) is 9.09. The van der Waals surface area contributed by atoms with Gasteiger partial charge < -0.3 is 20.7 Å². The quantitative estimate of drug-likeness (QED) is 0.518. The Morgan fingerprint density at radius 3 is 2.53 bits per heavy atom. The summed E-state index contributed by atoms with van der Waals surface area (Å²) in [5.41, 5.74) is 9.49. The third kappa shape index (κ3) is 4.57. The van der Waals surface area contributed by atoms with Gasteiger partial charge in [-0.15, -0.1) is 0 Å². The number of hydrogen-bond donors (Lipinski definition) is 2. The highest BCUT2D eigenvalue weighted by atomic mass is 16.5. The average Bonchev–Trinajstić information content (AvgIpc) is 3.29. The number of anilines is 1. The molecule has 0 radical (unpaired) electrons. The number of benzene rings is 2. The maximum absolute atomic E-state index is 12.5. The second-order valence-corrected chi connectivity index (χ2v) is 9.09. The van der Waals surface area contributed by atoms with Crippen LogP contribution in [0.25, 0.3) is 5.69 Å². The number of nitrogens with two attached hydrogens (primary N) is 1. The van der Waals surface area contributed by atoms with Crippen LogP contribution in [0.4, 0.5) is 5.69 Å². The number of piperazine rings is 1. The van der Waals surface area contributed by atoms with E-state index in [4.69, 9.17) is 15.6 Å². The molecular weight excluding hydrogens is 456 g/mol. The Morgan fingerprint density at radius 1 is 1.11 bits per heavy atom. The van der Waals surface area contributed by atoms with Gasteiger partial charge in [0.25, 0.3) is 5.91 Å². The minimum Gasteiger partial charge on any atom is -0.457 e. The van der Waals surface area contributed by atoms with Gasteiger partial charge in [0.2, 0.25) is 5.91 Å². The summed E-state index contributed by atoms with van der Waals surface area (Å²) in [7, 11) is 0. The molecule has 1 fully saturated rings. The van der Waals surface area contributed by atoms with Crippen LogP contribution in [0.5, 0.6) is 11.5 Å². The van der Waals surface area contributed by atoms with E-state index in [2.05, 4.69) is 16.8 Å². The Labute approximate surface area is 210 Å². The molecule has 186 valence electrons. The maximum Gasteiger partial charge on any atom is 0.269 e. The molecule has 1 atom stereocenters. The number of nitrogens with zero attached hydrogens (tertiary/aromatic N) is 4. The predicted molar refractivity (Wildman–Crippen MR) is 138 cm³/mol. The summed E-state index contributed by atoms with van der Waals surface area (Å²) in [6.45, 7) is 9.04. The van der Waals surface area contributed by atoms with Crippen LogP contribution < -0.4 is 15.8 Å². The van der Waals surface area contributed by atoms with Gasteiger partial charge >= 0.3 is 0 Å². The number of primary amides is 1. The van der Waals surface area contributed by atoms with Crippen LogP contribution in [0.2, 0.25) is 0 Å². The van der Waals surface area contributed by atoms with E-state index in [-0.39, 0.29) is 11.9 Å². The minimum atomic E-state index is -0.543. The van der Waals surface area contributed by atoms with Crippen LogP contribution in [0.15, 0.2) is 61.2 Å². The van der Waals surface area contributed by atoms with Gasteiger partial charge in [-0.1, -0.05) is 18.7 Å². The van der Waals surface area contributed by atoms with E-state index in [1.807, 2.05) is 55.5 Å². The largest absolute Gasteiger partial charge is 0.457 e. The van der Waals surface area contributed by atoms with Crippen LogP contribution >= 0.6 is 0 Å². The van der Waals surface area contributed by atoms with Crippen molar-refractivity contribution in [1.29, 1.82) is 0 Å². The summed E-state index contributed by atoms with van der Waals surface area (Å²) in [6, 6.07) is 15.3. The van der Waals surface area contributed by atoms with Gasteiger partial charge in [-0.2, -0.15) is 5.10 Å². The van der Waals surface area contributed by atoms with E-state index < -0.39 is 5.91 Å². The molecule has 0 saturated carbocycles. The normalized spacial score (nSPS) is 17.7. The highest BCUT2D eigenvalue weighted by Crippen LogP contribution is 2.37. The first-order chi connectivity index (χ1) is 17.4. The number of carbonyl (C=O) groups excluding carboxylic acids is 2. The standard InChI is InChI=1S/C27H30N6O3/c1-3-23(34)32-15-13-31(14-16-32)22-11-12-29-25-24(22)30-33(26(25)27(28)35)19-7-9-20(10-8-19)36-21-6-4-5-18(2)17-21/h3-10,17,22,29H,1,11-16H2,2H3,(H2,28,35)/t22-/m0/s1. The molecule has 1 aromatic heterocycles. The fourth-order valence-electron chi connectivity index (χ4n) is 4.94. The Morgan fingerprint density at radius 2 is 1.86 bits per heavy atom. The first-order valence-corrected chi connectivity index (χ1v) is 12.1. The van der Waals surface area contributed by atoms with Crippen molar-refractivity contribution in [1.82, 2.24) is 19.6 Å².